The van der Waals surface area contributed by atoms with Crippen molar-refractivity contribution < 1.29 is 4.74 Å². The average molecular weight is 165 g/mol. The van der Waals surface area contributed by atoms with Crippen LogP contribution in [0.2, 0.25) is 0 Å². The van der Waals surface area contributed by atoms with E-state index < -0.39 is 0 Å². The van der Waals surface area contributed by atoms with Crippen molar-refractivity contribution in [2.75, 3.05) is 12.4 Å². The van der Waals surface area contributed by atoms with Crippen molar-refractivity contribution in [1.29, 1.82) is 0 Å². The van der Waals surface area contributed by atoms with Crippen LogP contribution in [0.25, 0.3) is 0 Å². The highest BCUT2D eigenvalue weighted by molar-refractivity contribution is 5.47. The third-order valence-electron chi connectivity index (χ3n) is 1.49. The maximum Gasteiger partial charge on any atom is 0.121 e. The van der Waals surface area contributed by atoms with Gasteiger partial charge in [-0.25, -0.2) is 0 Å². The van der Waals surface area contributed by atoms with Crippen LogP contribution in [0.5, 0.6) is 5.75 Å². The summed E-state index contributed by atoms with van der Waals surface area (Å²) in [6, 6.07) is 7.93. The molecular formula is C10H15NO. The molecule has 2 heteroatoms. The summed E-state index contributed by atoms with van der Waals surface area (Å²) in [6.45, 7) is 4.04. The molecule has 1 aromatic rings. The molecule has 0 aromatic heterocycles. The quantitative estimate of drug-likeness (QED) is 0.743. The van der Waals surface area contributed by atoms with E-state index in [2.05, 4.69) is 5.32 Å². The number of ether oxygens (including phenoxy) is 1. The second kappa shape index (κ2) is 4.00. The van der Waals surface area contributed by atoms with E-state index in [-0.39, 0.29) is 6.10 Å². The summed E-state index contributed by atoms with van der Waals surface area (Å²) in [5.74, 6) is 0.914. The van der Waals surface area contributed by atoms with E-state index >= 15 is 0 Å². The molecule has 0 fully saturated rings. The van der Waals surface area contributed by atoms with Crippen LogP contribution >= 0.6 is 0 Å². The molecule has 0 aliphatic heterocycles. The average Bonchev–Trinajstić information content (AvgIpc) is 2.03. The molecule has 0 saturated carbocycles. The van der Waals surface area contributed by atoms with Crippen LogP contribution in [-0.2, 0) is 0 Å². The predicted octanol–water partition coefficient (Wildman–Crippen LogP) is 2.52. The summed E-state index contributed by atoms with van der Waals surface area (Å²) >= 11 is 0. The summed E-state index contributed by atoms with van der Waals surface area (Å²) in [7, 11) is 1.90. The Morgan fingerprint density at radius 3 is 2.67 bits per heavy atom. The number of hydrogen-bond acceptors (Lipinski definition) is 2. The van der Waals surface area contributed by atoms with Crippen molar-refractivity contribution in [1.82, 2.24) is 0 Å². The van der Waals surface area contributed by atoms with Crippen molar-refractivity contribution in [2.24, 2.45) is 0 Å². The molecule has 0 spiro atoms. The molecule has 0 radical (unpaired) electrons. The van der Waals surface area contributed by atoms with Gasteiger partial charge in [-0.05, 0) is 26.0 Å². The van der Waals surface area contributed by atoms with Gasteiger partial charge in [0.15, 0.2) is 0 Å². The van der Waals surface area contributed by atoms with Crippen LogP contribution in [-0.4, -0.2) is 13.2 Å². The van der Waals surface area contributed by atoms with Gasteiger partial charge < -0.3 is 10.1 Å². The third-order valence-corrected chi connectivity index (χ3v) is 1.49. The van der Waals surface area contributed by atoms with Crippen LogP contribution in [0.1, 0.15) is 13.8 Å². The van der Waals surface area contributed by atoms with Gasteiger partial charge in [-0.1, -0.05) is 6.07 Å². The number of rotatable bonds is 3. The van der Waals surface area contributed by atoms with E-state index in [0.717, 1.165) is 11.4 Å². The van der Waals surface area contributed by atoms with Crippen molar-refractivity contribution in [3.8, 4) is 5.75 Å². The zero-order chi connectivity index (χ0) is 8.97. The Labute approximate surface area is 73.6 Å². The van der Waals surface area contributed by atoms with Gasteiger partial charge in [0.05, 0.1) is 6.10 Å². The first-order chi connectivity index (χ1) is 5.72. The van der Waals surface area contributed by atoms with E-state index in [1.807, 2.05) is 45.2 Å². The van der Waals surface area contributed by atoms with Gasteiger partial charge in [-0.3, -0.25) is 0 Å². The topological polar surface area (TPSA) is 21.3 Å². The van der Waals surface area contributed by atoms with Crippen LogP contribution in [0, 0.1) is 0 Å². The molecule has 1 rings (SSSR count). The van der Waals surface area contributed by atoms with Gasteiger partial charge in [0.1, 0.15) is 5.75 Å². The predicted molar refractivity (Wildman–Crippen MR) is 51.8 cm³/mol. The second-order valence-electron chi connectivity index (χ2n) is 2.94. The maximum absolute atomic E-state index is 5.52. The second-order valence-corrected chi connectivity index (χ2v) is 2.94. The Morgan fingerprint density at radius 1 is 1.33 bits per heavy atom. The lowest BCUT2D eigenvalue weighted by molar-refractivity contribution is 0.242. The lowest BCUT2D eigenvalue weighted by Crippen LogP contribution is -2.05. The molecule has 0 saturated heterocycles. The van der Waals surface area contributed by atoms with Crippen molar-refractivity contribution in [2.45, 2.75) is 20.0 Å². The minimum absolute atomic E-state index is 0.233. The van der Waals surface area contributed by atoms with E-state index in [4.69, 9.17) is 4.74 Å². The fourth-order valence-electron chi connectivity index (χ4n) is 0.997. The van der Waals surface area contributed by atoms with Gasteiger partial charge in [0.2, 0.25) is 0 Å². The first kappa shape index (κ1) is 8.91. The summed E-state index contributed by atoms with van der Waals surface area (Å²) in [4.78, 5) is 0. The van der Waals surface area contributed by atoms with Gasteiger partial charge in [0.25, 0.3) is 0 Å². The van der Waals surface area contributed by atoms with E-state index in [1.54, 1.807) is 0 Å². The Hall–Kier alpha value is -1.18. The molecule has 0 atom stereocenters. The van der Waals surface area contributed by atoms with Crippen LogP contribution < -0.4 is 10.1 Å². The molecule has 0 aliphatic carbocycles. The third kappa shape index (κ3) is 2.46. The Morgan fingerprint density at radius 2 is 2.08 bits per heavy atom. The maximum atomic E-state index is 5.52. The zero-order valence-corrected chi connectivity index (χ0v) is 7.79. The normalized spacial score (nSPS) is 10.0. The molecule has 66 valence electrons. The number of anilines is 1. The lowest BCUT2D eigenvalue weighted by Gasteiger charge is -2.10. The Bertz CT molecular complexity index is 245. The zero-order valence-electron chi connectivity index (χ0n) is 7.79. The van der Waals surface area contributed by atoms with Gasteiger partial charge in [0, 0.05) is 18.8 Å². The highest BCUT2D eigenvalue weighted by Crippen LogP contribution is 2.17. The fourth-order valence-corrected chi connectivity index (χ4v) is 0.997. The smallest absolute Gasteiger partial charge is 0.121 e. The molecule has 0 amide bonds. The molecule has 1 aromatic carbocycles. The van der Waals surface area contributed by atoms with E-state index in [1.165, 1.54) is 0 Å². The van der Waals surface area contributed by atoms with Crippen molar-refractivity contribution in [3.05, 3.63) is 24.3 Å². The van der Waals surface area contributed by atoms with Gasteiger partial charge in [-0.2, -0.15) is 0 Å². The molecular weight excluding hydrogens is 150 g/mol. The van der Waals surface area contributed by atoms with E-state index in [0.29, 0.717) is 0 Å². The van der Waals surface area contributed by atoms with Crippen LogP contribution in [0.15, 0.2) is 24.3 Å². The minimum atomic E-state index is 0.233. The fraction of sp³-hybridized carbons (Fsp3) is 0.400. The first-order valence-corrected chi connectivity index (χ1v) is 4.17. The summed E-state index contributed by atoms with van der Waals surface area (Å²) in [5.41, 5.74) is 1.08. The Balaban J connectivity index is 2.72. The largest absolute Gasteiger partial charge is 0.491 e. The minimum Gasteiger partial charge on any atom is -0.491 e. The first-order valence-electron chi connectivity index (χ1n) is 4.17. The van der Waals surface area contributed by atoms with Crippen LogP contribution in [0.3, 0.4) is 0 Å². The van der Waals surface area contributed by atoms with Crippen molar-refractivity contribution >= 4 is 5.69 Å². The molecule has 1 N–H and O–H groups in total. The molecule has 0 unspecified atom stereocenters. The summed E-state index contributed by atoms with van der Waals surface area (Å²) < 4.78 is 5.52. The molecule has 2 nitrogen and oxygen atoms in total. The highest BCUT2D eigenvalue weighted by atomic mass is 16.5. The van der Waals surface area contributed by atoms with Gasteiger partial charge in [-0.15, -0.1) is 0 Å². The Kier molecular flexibility index (Phi) is 2.97. The molecule has 0 heterocycles. The highest BCUT2D eigenvalue weighted by Gasteiger charge is 1.96. The lowest BCUT2D eigenvalue weighted by atomic mass is 10.3. The molecule has 0 aliphatic rings. The van der Waals surface area contributed by atoms with Crippen LogP contribution in [0.4, 0.5) is 5.69 Å². The molecule has 12 heavy (non-hydrogen) atoms. The number of benzene rings is 1. The SMILES string of the molecule is CNc1cccc(OC(C)C)c1. The van der Waals surface area contributed by atoms with Gasteiger partial charge >= 0.3 is 0 Å². The number of nitrogens with one attached hydrogen (secondary N) is 1. The van der Waals surface area contributed by atoms with Crippen molar-refractivity contribution in [3.63, 3.8) is 0 Å². The monoisotopic (exact) mass is 165 g/mol. The standard InChI is InChI=1S/C10H15NO/c1-8(2)12-10-6-4-5-9(7-10)11-3/h4-8,11H,1-3H3. The summed E-state index contributed by atoms with van der Waals surface area (Å²) in [5, 5.41) is 3.06. The number of hydrogen-bond donors (Lipinski definition) is 1. The summed E-state index contributed by atoms with van der Waals surface area (Å²) in [6.07, 6.45) is 0.233. The molecule has 0 bridgehead atoms. The van der Waals surface area contributed by atoms with E-state index in [9.17, 15) is 0 Å².